The highest BCUT2D eigenvalue weighted by Crippen LogP contribution is 2.12. The molecule has 2 aromatic carbocycles. The fourth-order valence-corrected chi connectivity index (χ4v) is 2.86. The summed E-state index contributed by atoms with van der Waals surface area (Å²) >= 11 is 1.53. The summed E-state index contributed by atoms with van der Waals surface area (Å²) in [7, 11) is 0. The van der Waals surface area contributed by atoms with Crippen LogP contribution in [0, 0.1) is 0 Å². The molecule has 2 aromatic rings. The Balaban J connectivity index is 1.84. The quantitative estimate of drug-likeness (QED) is 0.465. The molecule has 2 rings (SSSR count). The lowest BCUT2D eigenvalue weighted by Crippen LogP contribution is -2.53. The lowest BCUT2D eigenvalue weighted by atomic mass is 10.1. The van der Waals surface area contributed by atoms with Crippen LogP contribution in [-0.4, -0.2) is 35.9 Å². The summed E-state index contributed by atoms with van der Waals surface area (Å²) < 4.78 is 5.66. The van der Waals surface area contributed by atoms with E-state index in [4.69, 9.17) is 10.5 Å². The highest BCUT2D eigenvalue weighted by Gasteiger charge is 2.20. The van der Waals surface area contributed by atoms with Crippen molar-refractivity contribution < 1.29 is 19.1 Å². The fourth-order valence-electron chi connectivity index (χ4n) is 2.39. The third kappa shape index (κ3) is 7.74. The predicted octanol–water partition coefficient (Wildman–Crippen LogP) is 1.82. The van der Waals surface area contributed by atoms with Crippen LogP contribution >= 0.6 is 11.8 Å². The Labute approximate surface area is 173 Å². The Morgan fingerprint density at radius 3 is 2.34 bits per heavy atom. The van der Waals surface area contributed by atoms with Gasteiger partial charge in [-0.05, 0) is 48.3 Å². The molecule has 0 radical (unpaired) electrons. The number of urea groups is 1. The van der Waals surface area contributed by atoms with Crippen LogP contribution < -0.4 is 26.6 Å². The van der Waals surface area contributed by atoms with Crippen molar-refractivity contribution in [3.63, 3.8) is 0 Å². The monoisotopic (exact) mass is 416 g/mol. The van der Waals surface area contributed by atoms with E-state index >= 15 is 0 Å². The second kappa shape index (κ2) is 11.6. The molecule has 154 valence electrons. The van der Waals surface area contributed by atoms with Crippen molar-refractivity contribution in [2.24, 2.45) is 5.73 Å². The summed E-state index contributed by atoms with van der Waals surface area (Å²) in [5.74, 6) is 0.395. The van der Waals surface area contributed by atoms with Gasteiger partial charge in [0.15, 0.2) is 0 Å². The number of primary amides is 1. The smallest absolute Gasteiger partial charge is 0.312 e. The molecule has 4 amide bonds. The van der Waals surface area contributed by atoms with E-state index in [9.17, 15) is 14.4 Å². The second-order valence-electron chi connectivity index (χ2n) is 6.08. The Hall–Kier alpha value is -3.20. The van der Waals surface area contributed by atoms with Crippen LogP contribution in [0.2, 0.25) is 0 Å². The highest BCUT2D eigenvalue weighted by atomic mass is 32.2. The van der Waals surface area contributed by atoms with Crippen molar-refractivity contribution in [2.45, 2.75) is 19.1 Å². The first kappa shape index (κ1) is 22.1. The highest BCUT2D eigenvalue weighted by molar-refractivity contribution is 7.98. The maximum absolute atomic E-state index is 12.2. The van der Waals surface area contributed by atoms with Crippen molar-refractivity contribution in [1.82, 2.24) is 16.2 Å². The summed E-state index contributed by atoms with van der Waals surface area (Å²) in [5, 5.41) is 2.36. The maximum Gasteiger partial charge on any atom is 0.312 e. The molecule has 0 aromatic heterocycles. The average Bonchev–Trinajstić information content (AvgIpc) is 2.74. The zero-order valence-electron chi connectivity index (χ0n) is 16.0. The first-order chi connectivity index (χ1) is 14.0. The maximum atomic E-state index is 12.2. The molecular formula is C20H24N4O4S. The molecule has 0 aliphatic carbocycles. The van der Waals surface area contributed by atoms with Crippen molar-refractivity contribution in [1.29, 1.82) is 0 Å². The van der Waals surface area contributed by atoms with Crippen LogP contribution in [0.25, 0.3) is 0 Å². The number of hydrazine groups is 1. The van der Waals surface area contributed by atoms with Gasteiger partial charge in [-0.3, -0.25) is 20.4 Å². The van der Waals surface area contributed by atoms with Gasteiger partial charge < -0.3 is 15.8 Å². The normalized spacial score (nSPS) is 11.2. The number of hydrogen-bond donors (Lipinski definition) is 4. The van der Waals surface area contributed by atoms with Gasteiger partial charge in [0.2, 0.25) is 0 Å². The van der Waals surface area contributed by atoms with Gasteiger partial charge in [-0.1, -0.05) is 30.3 Å². The number of rotatable bonds is 9. The zero-order chi connectivity index (χ0) is 21.1. The van der Waals surface area contributed by atoms with Gasteiger partial charge in [0.05, 0.1) is 0 Å². The van der Waals surface area contributed by atoms with Crippen LogP contribution in [-0.2, 0) is 11.4 Å². The molecular weight excluding hydrogens is 392 g/mol. The molecule has 0 saturated heterocycles. The van der Waals surface area contributed by atoms with E-state index in [1.165, 1.54) is 11.8 Å². The van der Waals surface area contributed by atoms with Crippen molar-refractivity contribution in [2.75, 3.05) is 12.0 Å². The van der Waals surface area contributed by atoms with Crippen LogP contribution in [0.15, 0.2) is 54.6 Å². The molecule has 8 nitrogen and oxygen atoms in total. The lowest BCUT2D eigenvalue weighted by Gasteiger charge is -2.17. The zero-order valence-corrected chi connectivity index (χ0v) is 16.8. The number of benzene rings is 2. The van der Waals surface area contributed by atoms with Crippen LogP contribution in [0.1, 0.15) is 22.3 Å². The summed E-state index contributed by atoms with van der Waals surface area (Å²) in [6, 6.07) is 14.6. The van der Waals surface area contributed by atoms with E-state index in [1.807, 2.05) is 36.6 Å². The molecule has 9 heteroatoms. The fraction of sp³-hybridized carbons (Fsp3) is 0.250. The number of para-hydroxylation sites is 1. The molecule has 0 unspecified atom stereocenters. The van der Waals surface area contributed by atoms with E-state index in [2.05, 4.69) is 16.2 Å². The molecule has 0 saturated carbocycles. The van der Waals surface area contributed by atoms with Crippen LogP contribution in [0.3, 0.4) is 0 Å². The van der Waals surface area contributed by atoms with Gasteiger partial charge >= 0.3 is 6.03 Å². The van der Waals surface area contributed by atoms with Crippen molar-refractivity contribution in [3.8, 4) is 5.75 Å². The van der Waals surface area contributed by atoms with Crippen LogP contribution in [0.5, 0.6) is 5.75 Å². The Bertz CT molecular complexity index is 815. The van der Waals surface area contributed by atoms with Gasteiger partial charge in [-0.2, -0.15) is 11.8 Å². The number of carbonyl (C=O) groups is 3. The van der Waals surface area contributed by atoms with Gasteiger partial charge in [-0.15, -0.1) is 0 Å². The van der Waals surface area contributed by atoms with Crippen molar-refractivity contribution >= 4 is 29.6 Å². The molecule has 5 N–H and O–H groups in total. The number of hydrogen-bond acceptors (Lipinski definition) is 5. The van der Waals surface area contributed by atoms with Gasteiger partial charge in [-0.25, -0.2) is 4.79 Å². The second-order valence-corrected chi connectivity index (χ2v) is 7.07. The molecule has 0 aliphatic rings. The third-order valence-corrected chi connectivity index (χ3v) is 4.55. The summed E-state index contributed by atoms with van der Waals surface area (Å²) in [6.45, 7) is 0.374. The van der Waals surface area contributed by atoms with Crippen molar-refractivity contribution in [3.05, 3.63) is 65.7 Å². The SMILES string of the molecule is CSCC[C@H](NC(N)=O)C(=O)NNC(=O)c1ccc(COc2ccccc2)cc1. The first-order valence-electron chi connectivity index (χ1n) is 8.91. The average molecular weight is 417 g/mol. The molecule has 1 atom stereocenters. The molecule has 0 spiro atoms. The summed E-state index contributed by atoms with van der Waals surface area (Å²) in [6.07, 6.45) is 2.28. The topological polar surface area (TPSA) is 123 Å². The summed E-state index contributed by atoms with van der Waals surface area (Å²) in [4.78, 5) is 35.4. The molecule has 0 fully saturated rings. The minimum absolute atomic E-state index is 0.372. The van der Waals surface area contributed by atoms with E-state index in [0.717, 1.165) is 11.3 Å². The van der Waals surface area contributed by atoms with Crippen LogP contribution in [0.4, 0.5) is 4.79 Å². The first-order valence-corrected chi connectivity index (χ1v) is 10.3. The third-order valence-electron chi connectivity index (χ3n) is 3.91. The predicted molar refractivity (Wildman–Crippen MR) is 112 cm³/mol. The lowest BCUT2D eigenvalue weighted by molar-refractivity contribution is -0.123. The minimum atomic E-state index is -0.822. The number of amides is 4. The van der Waals surface area contributed by atoms with Gasteiger partial charge in [0.25, 0.3) is 11.8 Å². The number of carbonyl (C=O) groups excluding carboxylic acids is 3. The molecule has 0 bridgehead atoms. The van der Waals surface area contributed by atoms with Gasteiger partial charge in [0.1, 0.15) is 18.4 Å². The van der Waals surface area contributed by atoms with E-state index in [1.54, 1.807) is 24.3 Å². The van der Waals surface area contributed by atoms with E-state index < -0.39 is 23.9 Å². The number of ether oxygens (including phenoxy) is 1. The number of nitrogens with one attached hydrogen (secondary N) is 3. The van der Waals surface area contributed by atoms with E-state index in [-0.39, 0.29) is 0 Å². The largest absolute Gasteiger partial charge is 0.489 e. The van der Waals surface area contributed by atoms with E-state index in [0.29, 0.717) is 24.3 Å². The Morgan fingerprint density at radius 2 is 1.72 bits per heavy atom. The van der Waals surface area contributed by atoms with Gasteiger partial charge in [0, 0.05) is 5.56 Å². The number of nitrogens with two attached hydrogens (primary N) is 1. The Kier molecular flexibility index (Phi) is 8.84. The number of thioether (sulfide) groups is 1. The molecule has 29 heavy (non-hydrogen) atoms. The molecule has 0 heterocycles. The summed E-state index contributed by atoms with van der Waals surface area (Å²) in [5.41, 5.74) is 11.0. The standard InChI is InChI=1S/C20H24N4O4S/c1-29-12-11-17(22-20(21)27)19(26)24-23-18(25)15-9-7-14(8-10-15)13-28-16-5-3-2-4-6-16/h2-10,17H,11-13H2,1H3,(H,23,25)(H,24,26)(H3,21,22,27)/t17-/m0/s1. The minimum Gasteiger partial charge on any atom is -0.489 e. The Morgan fingerprint density at radius 1 is 1.03 bits per heavy atom. The molecule has 0 aliphatic heterocycles.